The Labute approximate surface area is 211 Å². The maximum absolute atomic E-state index is 13.3. The Morgan fingerprint density at radius 3 is 2.47 bits per heavy atom. The van der Waals surface area contributed by atoms with Gasteiger partial charge in [-0.3, -0.25) is 19.0 Å². The van der Waals surface area contributed by atoms with Gasteiger partial charge in [-0.05, 0) is 55.0 Å². The number of hydrogen-bond acceptors (Lipinski definition) is 8. The molecule has 0 aliphatic heterocycles. The molecule has 0 aliphatic rings. The van der Waals surface area contributed by atoms with Crippen molar-refractivity contribution in [3.8, 4) is 5.75 Å². The Bertz CT molecular complexity index is 1300. The number of fused-ring (bicyclic) bond motifs is 1. The van der Waals surface area contributed by atoms with E-state index in [2.05, 4.69) is 4.84 Å². The van der Waals surface area contributed by atoms with Crippen LogP contribution in [0.15, 0.2) is 42.5 Å². The molecule has 190 valence electrons. The molecule has 36 heavy (non-hydrogen) atoms. The molecule has 0 unspecified atom stereocenters. The van der Waals surface area contributed by atoms with Gasteiger partial charge in [-0.2, -0.15) is 0 Å². The molecule has 0 saturated carbocycles. The van der Waals surface area contributed by atoms with Gasteiger partial charge in [-0.15, -0.1) is 10.1 Å². The zero-order valence-electron chi connectivity index (χ0n) is 19.9. The van der Waals surface area contributed by atoms with Crippen LogP contribution in [-0.2, 0) is 25.6 Å². The minimum atomic E-state index is -0.955. The molecule has 0 atom stereocenters. The summed E-state index contributed by atoms with van der Waals surface area (Å²) in [5, 5.41) is 10.4. The molecule has 3 rings (SSSR count). The molecule has 2 aromatic carbocycles. The third kappa shape index (κ3) is 6.11. The lowest BCUT2D eigenvalue weighted by atomic mass is 10.1. The molecule has 0 bridgehead atoms. The molecule has 0 saturated heterocycles. The van der Waals surface area contributed by atoms with Gasteiger partial charge in [0.1, 0.15) is 12.4 Å². The van der Waals surface area contributed by atoms with Gasteiger partial charge in [0.05, 0.1) is 19.0 Å². The summed E-state index contributed by atoms with van der Waals surface area (Å²) in [5.41, 5.74) is 2.09. The lowest BCUT2D eigenvalue weighted by Gasteiger charge is -2.16. The first-order chi connectivity index (χ1) is 17.1. The number of likely N-dealkylation sites (N-methyl/N-ethyl adjacent to an activating group) is 1. The van der Waals surface area contributed by atoms with Crippen LogP contribution in [0.4, 0.5) is 0 Å². The van der Waals surface area contributed by atoms with E-state index in [9.17, 15) is 24.5 Å². The number of esters is 1. The van der Waals surface area contributed by atoms with Gasteiger partial charge in [0.25, 0.3) is 16.9 Å². The monoisotopic (exact) mass is 517 g/mol. The largest absolute Gasteiger partial charge is 0.497 e. The second-order valence-electron chi connectivity index (χ2n) is 7.80. The predicted octanol–water partition coefficient (Wildman–Crippen LogP) is 3.05. The summed E-state index contributed by atoms with van der Waals surface area (Å²) in [7, 11) is 2.92. The van der Waals surface area contributed by atoms with Crippen LogP contribution in [-0.4, -0.2) is 66.3 Å². The Morgan fingerprint density at radius 1 is 1.14 bits per heavy atom. The van der Waals surface area contributed by atoms with Crippen molar-refractivity contribution >= 4 is 40.3 Å². The summed E-state index contributed by atoms with van der Waals surface area (Å²) >= 11 is 5.95. The second kappa shape index (κ2) is 11.5. The highest BCUT2D eigenvalue weighted by Crippen LogP contribution is 2.31. The SMILES string of the molecule is COc1ccc2c(c1)c(CC(=O)OCC(=O)N(C)CCO[N+](=O)[O-])c(C)n2C(=O)c1ccc(Cl)cc1. The summed E-state index contributed by atoms with van der Waals surface area (Å²) in [6, 6.07) is 11.6. The van der Waals surface area contributed by atoms with Crippen LogP contribution < -0.4 is 4.74 Å². The zero-order valence-corrected chi connectivity index (χ0v) is 20.6. The van der Waals surface area contributed by atoms with Crippen LogP contribution in [0, 0.1) is 17.0 Å². The number of methoxy groups -OCH3 is 1. The number of benzene rings is 2. The van der Waals surface area contributed by atoms with Gasteiger partial charge in [-0.25, -0.2) is 0 Å². The lowest BCUT2D eigenvalue weighted by molar-refractivity contribution is -0.757. The molecule has 3 aromatic rings. The standard InChI is InChI=1S/C24H24ClN3O8/c1-15-19(13-23(30)35-14-22(29)26(2)10-11-36-28(32)33)20-12-18(34-3)8-9-21(20)27(15)24(31)16-4-6-17(25)7-5-16/h4-9,12H,10-11,13-14H2,1-3H3. The normalized spacial score (nSPS) is 10.7. The number of hydrogen-bond donors (Lipinski definition) is 0. The Hall–Kier alpha value is -4.12. The molecule has 1 aromatic heterocycles. The van der Waals surface area contributed by atoms with Crippen molar-refractivity contribution in [1.82, 2.24) is 9.47 Å². The van der Waals surface area contributed by atoms with Gasteiger partial charge in [0, 0.05) is 35.3 Å². The molecule has 0 aliphatic carbocycles. The lowest BCUT2D eigenvalue weighted by Crippen LogP contribution is -2.34. The smallest absolute Gasteiger partial charge is 0.310 e. The van der Waals surface area contributed by atoms with E-state index in [0.717, 1.165) is 4.90 Å². The first-order valence-electron chi connectivity index (χ1n) is 10.8. The average Bonchev–Trinajstić information content (AvgIpc) is 3.12. The highest BCUT2D eigenvalue weighted by Gasteiger charge is 2.23. The van der Waals surface area contributed by atoms with Crippen LogP contribution in [0.1, 0.15) is 21.6 Å². The van der Waals surface area contributed by atoms with Crippen LogP contribution in [0.3, 0.4) is 0 Å². The summed E-state index contributed by atoms with van der Waals surface area (Å²) < 4.78 is 12.0. The van der Waals surface area contributed by atoms with Crippen molar-refractivity contribution in [3.63, 3.8) is 0 Å². The van der Waals surface area contributed by atoms with Crippen molar-refractivity contribution in [1.29, 1.82) is 0 Å². The van der Waals surface area contributed by atoms with Gasteiger partial charge in [-0.1, -0.05) is 11.6 Å². The molecule has 0 N–H and O–H groups in total. The van der Waals surface area contributed by atoms with Crippen LogP contribution in [0.25, 0.3) is 10.9 Å². The Kier molecular flexibility index (Phi) is 8.49. The van der Waals surface area contributed by atoms with E-state index in [-0.39, 0.29) is 25.5 Å². The number of carbonyl (C=O) groups is 3. The number of carbonyl (C=O) groups excluding carboxylic acids is 3. The molecule has 0 spiro atoms. The molecule has 12 heteroatoms. The summed E-state index contributed by atoms with van der Waals surface area (Å²) in [6.45, 7) is 0.831. The quantitative estimate of drug-likeness (QED) is 0.228. The van der Waals surface area contributed by atoms with Crippen molar-refractivity contribution in [3.05, 3.63) is 74.4 Å². The third-order valence-corrected chi connectivity index (χ3v) is 5.82. The number of amides is 1. The minimum absolute atomic E-state index is 0.0451. The van der Waals surface area contributed by atoms with E-state index in [1.807, 2.05) is 0 Å². The minimum Gasteiger partial charge on any atom is -0.497 e. The zero-order chi connectivity index (χ0) is 26.4. The van der Waals surface area contributed by atoms with E-state index in [1.54, 1.807) is 49.4 Å². The number of halogens is 1. The van der Waals surface area contributed by atoms with Gasteiger partial charge in [0.15, 0.2) is 6.61 Å². The van der Waals surface area contributed by atoms with E-state index in [1.165, 1.54) is 18.7 Å². The van der Waals surface area contributed by atoms with E-state index in [4.69, 9.17) is 21.1 Å². The summed E-state index contributed by atoms with van der Waals surface area (Å²) in [6.07, 6.45) is -0.197. The molecular formula is C24H24ClN3O8. The number of ether oxygens (including phenoxy) is 2. The highest BCUT2D eigenvalue weighted by atomic mass is 35.5. The van der Waals surface area contributed by atoms with Crippen LogP contribution in [0.5, 0.6) is 5.75 Å². The molecule has 1 amide bonds. The summed E-state index contributed by atoms with van der Waals surface area (Å²) in [5.74, 6) is -0.981. The second-order valence-corrected chi connectivity index (χ2v) is 8.24. The van der Waals surface area contributed by atoms with E-state index < -0.39 is 23.6 Å². The fourth-order valence-electron chi connectivity index (χ4n) is 3.62. The first kappa shape index (κ1) is 26.5. The topological polar surface area (TPSA) is 130 Å². The van der Waals surface area contributed by atoms with Crippen molar-refractivity contribution in [2.75, 3.05) is 33.9 Å². The maximum Gasteiger partial charge on any atom is 0.310 e. The van der Waals surface area contributed by atoms with Crippen molar-refractivity contribution < 1.29 is 33.8 Å². The third-order valence-electron chi connectivity index (χ3n) is 5.56. The Balaban J connectivity index is 1.81. The van der Waals surface area contributed by atoms with Gasteiger partial charge in [0.2, 0.25) is 0 Å². The molecule has 0 fully saturated rings. The fourth-order valence-corrected chi connectivity index (χ4v) is 3.75. The molecule has 1 heterocycles. The first-order valence-corrected chi connectivity index (χ1v) is 11.1. The Morgan fingerprint density at radius 2 is 1.83 bits per heavy atom. The summed E-state index contributed by atoms with van der Waals surface area (Å²) in [4.78, 5) is 53.7. The maximum atomic E-state index is 13.3. The average molecular weight is 518 g/mol. The van der Waals surface area contributed by atoms with E-state index >= 15 is 0 Å². The highest BCUT2D eigenvalue weighted by molar-refractivity contribution is 6.30. The van der Waals surface area contributed by atoms with Crippen molar-refractivity contribution in [2.24, 2.45) is 0 Å². The van der Waals surface area contributed by atoms with Gasteiger partial charge < -0.3 is 19.2 Å². The van der Waals surface area contributed by atoms with Crippen LogP contribution in [0.2, 0.25) is 5.02 Å². The molecule has 11 nitrogen and oxygen atoms in total. The molecular weight excluding hydrogens is 494 g/mol. The number of nitrogens with zero attached hydrogens (tertiary/aromatic N) is 3. The predicted molar refractivity (Wildman–Crippen MR) is 130 cm³/mol. The number of aromatic nitrogens is 1. The van der Waals surface area contributed by atoms with Crippen molar-refractivity contribution in [2.45, 2.75) is 13.3 Å². The fraction of sp³-hybridized carbons (Fsp3) is 0.292. The van der Waals surface area contributed by atoms with Gasteiger partial charge >= 0.3 is 5.97 Å². The van der Waals surface area contributed by atoms with Crippen LogP contribution >= 0.6 is 11.6 Å². The van der Waals surface area contributed by atoms with E-state index in [0.29, 0.717) is 38.5 Å². The molecule has 0 radical (unpaired) electrons. The number of rotatable bonds is 10.